The Morgan fingerprint density at radius 3 is 2.34 bits per heavy atom. The first-order chi connectivity index (χ1) is 13.4. The van der Waals surface area contributed by atoms with E-state index < -0.39 is 15.9 Å². The first-order valence-corrected chi connectivity index (χ1v) is 11.3. The lowest BCUT2D eigenvalue weighted by Gasteiger charge is -2.25. The Morgan fingerprint density at radius 2 is 1.76 bits per heavy atom. The standard InChI is InChI=1S/C21H27ClN2O4S/c1-13-9-15(3)18(10-14(13)2)16(4)23-21(25)12-24(29(6,26)27)19-11-17(22)7-8-20(19)28-5/h7-11,16H,12H2,1-6H3,(H,23,25)/t16-/m0/s1. The van der Waals surface area contributed by atoms with Crippen LogP contribution in [0.4, 0.5) is 5.69 Å². The number of hydrogen-bond acceptors (Lipinski definition) is 4. The summed E-state index contributed by atoms with van der Waals surface area (Å²) in [6.07, 6.45) is 1.04. The summed E-state index contributed by atoms with van der Waals surface area (Å²) in [5, 5.41) is 3.23. The molecule has 158 valence electrons. The Kier molecular flexibility index (Phi) is 7.19. The molecule has 0 heterocycles. The topological polar surface area (TPSA) is 75.7 Å². The number of rotatable bonds is 7. The molecule has 6 nitrogen and oxygen atoms in total. The second-order valence-electron chi connectivity index (χ2n) is 7.17. The fourth-order valence-corrected chi connectivity index (χ4v) is 4.20. The number of sulfonamides is 1. The molecule has 0 fully saturated rings. The number of benzene rings is 2. The van der Waals surface area contributed by atoms with Gasteiger partial charge < -0.3 is 10.1 Å². The lowest BCUT2D eigenvalue weighted by atomic mass is 9.96. The summed E-state index contributed by atoms with van der Waals surface area (Å²) in [7, 11) is -2.32. The van der Waals surface area contributed by atoms with E-state index in [2.05, 4.69) is 11.4 Å². The molecule has 0 aliphatic heterocycles. The number of ether oxygens (including phenoxy) is 1. The molecular formula is C21H27ClN2O4S. The van der Waals surface area contributed by atoms with Gasteiger partial charge in [0.25, 0.3) is 0 Å². The van der Waals surface area contributed by atoms with Gasteiger partial charge in [0.05, 0.1) is 25.1 Å². The van der Waals surface area contributed by atoms with Gasteiger partial charge in [-0.05, 0) is 68.1 Å². The van der Waals surface area contributed by atoms with Crippen LogP contribution in [-0.4, -0.2) is 34.2 Å². The molecule has 0 unspecified atom stereocenters. The van der Waals surface area contributed by atoms with Gasteiger partial charge in [-0.1, -0.05) is 23.7 Å². The Bertz CT molecular complexity index is 1020. The third-order valence-corrected chi connectivity index (χ3v) is 6.19. The first-order valence-electron chi connectivity index (χ1n) is 9.12. The predicted octanol–water partition coefficient (Wildman–Crippen LogP) is 3.92. The average molecular weight is 439 g/mol. The molecule has 2 rings (SSSR count). The summed E-state index contributed by atoms with van der Waals surface area (Å²) < 4.78 is 31.0. The van der Waals surface area contributed by atoms with E-state index in [4.69, 9.17) is 16.3 Å². The fraction of sp³-hybridized carbons (Fsp3) is 0.381. The number of carbonyl (C=O) groups excluding carboxylic acids is 1. The smallest absolute Gasteiger partial charge is 0.241 e. The van der Waals surface area contributed by atoms with Crippen LogP contribution in [0.5, 0.6) is 5.75 Å². The molecule has 29 heavy (non-hydrogen) atoms. The molecule has 0 radical (unpaired) electrons. The van der Waals surface area contributed by atoms with Crippen LogP contribution < -0.4 is 14.4 Å². The molecule has 2 aromatic carbocycles. The zero-order valence-corrected chi connectivity index (χ0v) is 19.1. The highest BCUT2D eigenvalue weighted by Gasteiger charge is 2.25. The van der Waals surface area contributed by atoms with Crippen LogP contribution >= 0.6 is 11.6 Å². The third-order valence-electron chi connectivity index (χ3n) is 4.82. The van der Waals surface area contributed by atoms with Crippen LogP contribution in [-0.2, 0) is 14.8 Å². The summed E-state index contributed by atoms with van der Waals surface area (Å²) in [4.78, 5) is 12.7. The third kappa shape index (κ3) is 5.64. The summed E-state index contributed by atoms with van der Waals surface area (Å²) >= 11 is 6.04. The quantitative estimate of drug-likeness (QED) is 0.710. The van der Waals surface area contributed by atoms with E-state index in [9.17, 15) is 13.2 Å². The maximum Gasteiger partial charge on any atom is 0.241 e. The number of aryl methyl sites for hydroxylation is 3. The lowest BCUT2D eigenvalue weighted by Crippen LogP contribution is -2.41. The number of nitrogens with one attached hydrogen (secondary N) is 1. The largest absolute Gasteiger partial charge is 0.495 e. The molecule has 0 spiro atoms. The SMILES string of the molecule is COc1ccc(Cl)cc1N(CC(=O)N[C@@H](C)c1cc(C)c(C)cc1C)S(C)(=O)=O. The number of nitrogens with zero attached hydrogens (tertiary/aromatic N) is 1. The Morgan fingerprint density at radius 1 is 1.14 bits per heavy atom. The second-order valence-corrected chi connectivity index (χ2v) is 9.51. The van der Waals surface area contributed by atoms with Crippen molar-refractivity contribution in [3.63, 3.8) is 0 Å². The van der Waals surface area contributed by atoms with Gasteiger partial charge in [-0.25, -0.2) is 8.42 Å². The molecule has 1 N–H and O–H groups in total. The molecule has 1 amide bonds. The van der Waals surface area contributed by atoms with E-state index >= 15 is 0 Å². The predicted molar refractivity (Wildman–Crippen MR) is 117 cm³/mol. The van der Waals surface area contributed by atoms with Crippen molar-refractivity contribution in [3.05, 3.63) is 57.6 Å². The van der Waals surface area contributed by atoms with E-state index in [-0.39, 0.29) is 18.3 Å². The number of anilines is 1. The van der Waals surface area contributed by atoms with Crippen LogP contribution in [0, 0.1) is 20.8 Å². The average Bonchev–Trinajstić information content (AvgIpc) is 2.61. The van der Waals surface area contributed by atoms with Crippen molar-refractivity contribution in [1.29, 1.82) is 0 Å². The molecule has 0 saturated carbocycles. The van der Waals surface area contributed by atoms with E-state index in [1.807, 2.05) is 33.8 Å². The highest BCUT2D eigenvalue weighted by Crippen LogP contribution is 2.32. The molecule has 2 aromatic rings. The second kappa shape index (κ2) is 9.05. The summed E-state index contributed by atoms with van der Waals surface area (Å²) in [6, 6.07) is 8.47. The summed E-state index contributed by atoms with van der Waals surface area (Å²) in [6.45, 7) is 7.54. The van der Waals surface area contributed by atoms with Crippen LogP contribution in [0.1, 0.15) is 35.2 Å². The van der Waals surface area contributed by atoms with Gasteiger partial charge in [0.2, 0.25) is 15.9 Å². The first kappa shape index (κ1) is 23.0. The monoisotopic (exact) mass is 438 g/mol. The molecule has 8 heteroatoms. The van der Waals surface area contributed by atoms with Gasteiger partial charge >= 0.3 is 0 Å². The highest BCUT2D eigenvalue weighted by molar-refractivity contribution is 7.92. The van der Waals surface area contributed by atoms with Crippen molar-refractivity contribution in [3.8, 4) is 5.75 Å². The molecule has 0 aromatic heterocycles. The van der Waals surface area contributed by atoms with Crippen LogP contribution in [0.2, 0.25) is 5.02 Å². The maximum absolute atomic E-state index is 12.7. The van der Waals surface area contributed by atoms with E-state index in [1.54, 1.807) is 12.1 Å². The van der Waals surface area contributed by atoms with E-state index in [0.29, 0.717) is 10.8 Å². The maximum atomic E-state index is 12.7. The van der Waals surface area contributed by atoms with Crippen molar-refractivity contribution in [2.24, 2.45) is 0 Å². The number of amides is 1. The Balaban J connectivity index is 2.28. The normalized spacial score (nSPS) is 12.4. The molecule has 1 atom stereocenters. The van der Waals surface area contributed by atoms with Gasteiger partial charge in [0.15, 0.2) is 0 Å². The van der Waals surface area contributed by atoms with E-state index in [1.165, 1.54) is 18.7 Å². The minimum Gasteiger partial charge on any atom is -0.495 e. The number of methoxy groups -OCH3 is 1. The lowest BCUT2D eigenvalue weighted by molar-refractivity contribution is -0.120. The van der Waals surface area contributed by atoms with Gasteiger partial charge in [-0.15, -0.1) is 0 Å². The van der Waals surface area contributed by atoms with E-state index in [0.717, 1.165) is 27.3 Å². The van der Waals surface area contributed by atoms with Crippen molar-refractivity contribution in [2.45, 2.75) is 33.7 Å². The van der Waals surface area contributed by atoms with Crippen molar-refractivity contribution >= 4 is 33.2 Å². The summed E-state index contributed by atoms with van der Waals surface area (Å²) in [5.74, 6) is -0.117. The van der Waals surface area contributed by atoms with Crippen molar-refractivity contribution < 1.29 is 17.9 Å². The number of halogens is 1. The minimum absolute atomic E-state index is 0.215. The fourth-order valence-electron chi connectivity index (χ4n) is 3.18. The zero-order valence-electron chi connectivity index (χ0n) is 17.5. The molecule has 0 saturated heterocycles. The minimum atomic E-state index is -3.75. The zero-order chi connectivity index (χ0) is 21.9. The molecule has 0 bridgehead atoms. The van der Waals surface area contributed by atoms with Crippen LogP contribution in [0.15, 0.2) is 30.3 Å². The highest BCUT2D eigenvalue weighted by atomic mass is 35.5. The molecule has 0 aliphatic rings. The molecule has 0 aliphatic carbocycles. The van der Waals surface area contributed by atoms with Gasteiger partial charge in [-0.2, -0.15) is 0 Å². The Hall–Kier alpha value is -2.25. The van der Waals surface area contributed by atoms with Gasteiger partial charge in [0.1, 0.15) is 12.3 Å². The van der Waals surface area contributed by atoms with Crippen molar-refractivity contribution in [1.82, 2.24) is 5.32 Å². The van der Waals surface area contributed by atoms with Crippen LogP contribution in [0.3, 0.4) is 0 Å². The number of carbonyl (C=O) groups is 1. The summed E-state index contributed by atoms with van der Waals surface area (Å²) in [5.41, 5.74) is 4.59. The Labute approximate surface area is 177 Å². The molecular weight excluding hydrogens is 412 g/mol. The van der Waals surface area contributed by atoms with Crippen molar-refractivity contribution in [2.75, 3.05) is 24.2 Å². The van der Waals surface area contributed by atoms with Gasteiger partial charge in [-0.3, -0.25) is 9.10 Å². The van der Waals surface area contributed by atoms with Gasteiger partial charge in [0, 0.05) is 5.02 Å². The number of hydrogen-bond donors (Lipinski definition) is 1. The van der Waals surface area contributed by atoms with Crippen LogP contribution in [0.25, 0.3) is 0 Å².